The molecule has 30 heavy (non-hydrogen) atoms. The first kappa shape index (κ1) is 20.6. The Balaban J connectivity index is 1.61. The molecule has 2 aromatic carbocycles. The average Bonchev–Trinajstić information content (AvgIpc) is 3.21. The number of benzene rings is 2. The Hall–Kier alpha value is -2.68. The summed E-state index contributed by atoms with van der Waals surface area (Å²) in [5, 5.41) is 5.64. The van der Waals surface area contributed by atoms with Crippen LogP contribution in [0.3, 0.4) is 0 Å². The third-order valence-electron chi connectivity index (χ3n) is 4.50. The Morgan fingerprint density at radius 1 is 1.17 bits per heavy atom. The number of ether oxygens (including phenoxy) is 1. The molecule has 154 valence electrons. The highest BCUT2D eigenvalue weighted by molar-refractivity contribution is 7.98. The van der Waals surface area contributed by atoms with Crippen LogP contribution in [0.4, 0.5) is 0 Å². The Bertz CT molecular complexity index is 1240. The fourth-order valence-corrected chi connectivity index (χ4v) is 3.95. The van der Waals surface area contributed by atoms with Crippen molar-refractivity contribution in [2.24, 2.45) is 0 Å². The van der Waals surface area contributed by atoms with E-state index >= 15 is 0 Å². The van der Waals surface area contributed by atoms with Gasteiger partial charge < -0.3 is 9.26 Å². The first-order valence-corrected chi connectivity index (χ1v) is 10.6. The predicted octanol–water partition coefficient (Wildman–Crippen LogP) is 4.35. The molecule has 0 N–H and O–H groups in total. The number of fused-ring (bicyclic) bond motifs is 1. The van der Waals surface area contributed by atoms with Gasteiger partial charge >= 0.3 is 0 Å². The predicted molar refractivity (Wildman–Crippen MR) is 117 cm³/mol. The molecule has 0 fully saturated rings. The summed E-state index contributed by atoms with van der Waals surface area (Å²) in [5.41, 5.74) is 2.46. The average molecular weight is 443 g/mol. The first-order chi connectivity index (χ1) is 14.5. The standard InChI is InChI=1S/C21H19ClN4O3S/c1-13-3-5-14(6-4-13)19-24-18(29-25-19)12-30-21-23-17-11-15(22)7-8-16(17)20(27)26(21)9-10-28-2/h3-8,11H,9-10,12H2,1-2H3. The molecule has 0 aliphatic carbocycles. The van der Waals surface area contributed by atoms with E-state index in [0.29, 0.717) is 51.7 Å². The van der Waals surface area contributed by atoms with Crippen LogP contribution in [0.5, 0.6) is 0 Å². The number of hydrogen-bond acceptors (Lipinski definition) is 7. The van der Waals surface area contributed by atoms with Gasteiger partial charge in [0.05, 0.1) is 29.8 Å². The van der Waals surface area contributed by atoms with Gasteiger partial charge in [0.2, 0.25) is 11.7 Å². The molecule has 2 heterocycles. The van der Waals surface area contributed by atoms with E-state index in [9.17, 15) is 4.79 Å². The topological polar surface area (TPSA) is 83.0 Å². The number of halogens is 1. The summed E-state index contributed by atoms with van der Waals surface area (Å²) in [4.78, 5) is 22.0. The van der Waals surface area contributed by atoms with Crippen LogP contribution in [0.1, 0.15) is 11.5 Å². The van der Waals surface area contributed by atoms with Crippen LogP contribution in [-0.2, 0) is 17.0 Å². The Morgan fingerprint density at radius 2 is 1.97 bits per heavy atom. The van der Waals surface area contributed by atoms with Crippen LogP contribution < -0.4 is 5.56 Å². The van der Waals surface area contributed by atoms with Gasteiger partial charge in [-0.3, -0.25) is 9.36 Å². The minimum atomic E-state index is -0.137. The smallest absolute Gasteiger partial charge is 0.262 e. The minimum absolute atomic E-state index is 0.137. The second-order valence-electron chi connectivity index (χ2n) is 6.67. The van der Waals surface area contributed by atoms with Crippen LogP contribution in [0.25, 0.3) is 22.3 Å². The molecule has 4 aromatic rings. The van der Waals surface area contributed by atoms with E-state index in [1.165, 1.54) is 11.8 Å². The van der Waals surface area contributed by atoms with Crippen molar-refractivity contribution in [1.82, 2.24) is 19.7 Å². The zero-order valence-corrected chi connectivity index (χ0v) is 18.0. The van der Waals surface area contributed by atoms with E-state index in [0.717, 1.165) is 11.1 Å². The second-order valence-corrected chi connectivity index (χ2v) is 8.05. The summed E-state index contributed by atoms with van der Waals surface area (Å²) in [6.07, 6.45) is 0. The highest BCUT2D eigenvalue weighted by Crippen LogP contribution is 2.24. The Labute approximate surface area is 182 Å². The van der Waals surface area contributed by atoms with E-state index in [1.54, 1.807) is 29.9 Å². The number of aryl methyl sites for hydroxylation is 1. The summed E-state index contributed by atoms with van der Waals surface area (Å²) in [7, 11) is 1.59. The summed E-state index contributed by atoms with van der Waals surface area (Å²) in [6, 6.07) is 13.0. The molecule has 0 saturated heterocycles. The molecule has 9 heteroatoms. The molecule has 2 aromatic heterocycles. The van der Waals surface area contributed by atoms with Gasteiger partial charge in [-0.25, -0.2) is 4.98 Å². The third kappa shape index (κ3) is 4.40. The first-order valence-electron chi connectivity index (χ1n) is 9.26. The molecule has 0 aliphatic rings. The highest BCUT2D eigenvalue weighted by Gasteiger charge is 2.15. The molecule has 0 atom stereocenters. The van der Waals surface area contributed by atoms with Crippen LogP contribution in [-0.4, -0.2) is 33.4 Å². The molecule has 0 saturated carbocycles. The van der Waals surface area contributed by atoms with Crippen molar-refractivity contribution >= 4 is 34.3 Å². The van der Waals surface area contributed by atoms with Crippen molar-refractivity contribution < 1.29 is 9.26 Å². The number of rotatable bonds is 7. The highest BCUT2D eigenvalue weighted by atomic mass is 35.5. The summed E-state index contributed by atoms with van der Waals surface area (Å²) in [6.45, 7) is 2.81. The lowest BCUT2D eigenvalue weighted by atomic mass is 10.1. The van der Waals surface area contributed by atoms with Gasteiger partial charge in [0.1, 0.15) is 0 Å². The Morgan fingerprint density at radius 3 is 2.73 bits per heavy atom. The number of nitrogens with zero attached hydrogens (tertiary/aromatic N) is 4. The summed E-state index contributed by atoms with van der Waals surface area (Å²) < 4.78 is 12.1. The zero-order valence-electron chi connectivity index (χ0n) is 16.5. The van der Waals surface area contributed by atoms with Gasteiger partial charge in [-0.1, -0.05) is 58.3 Å². The van der Waals surface area contributed by atoms with E-state index in [1.807, 2.05) is 31.2 Å². The number of methoxy groups -OCH3 is 1. The van der Waals surface area contributed by atoms with Crippen LogP contribution in [0, 0.1) is 6.92 Å². The SMILES string of the molecule is COCCn1c(SCc2nc(-c3ccc(C)cc3)no2)nc2cc(Cl)ccc2c1=O. The lowest BCUT2D eigenvalue weighted by Gasteiger charge is -2.12. The maximum Gasteiger partial charge on any atom is 0.262 e. The molecule has 0 aliphatic heterocycles. The summed E-state index contributed by atoms with van der Waals surface area (Å²) >= 11 is 7.43. The normalized spacial score (nSPS) is 11.3. The minimum Gasteiger partial charge on any atom is -0.383 e. The maximum absolute atomic E-state index is 13.0. The lowest BCUT2D eigenvalue weighted by Crippen LogP contribution is -2.25. The van der Waals surface area contributed by atoms with Gasteiger partial charge in [-0.15, -0.1) is 0 Å². The van der Waals surface area contributed by atoms with Crippen LogP contribution >= 0.6 is 23.4 Å². The van der Waals surface area contributed by atoms with Crippen molar-refractivity contribution in [2.45, 2.75) is 24.4 Å². The maximum atomic E-state index is 13.0. The largest absolute Gasteiger partial charge is 0.383 e. The second kappa shape index (κ2) is 8.99. The Kier molecular flexibility index (Phi) is 6.17. The quantitative estimate of drug-likeness (QED) is 0.311. The molecular formula is C21H19ClN4O3S. The molecule has 0 amide bonds. The molecule has 0 spiro atoms. The van der Waals surface area contributed by atoms with Gasteiger partial charge in [0.25, 0.3) is 5.56 Å². The van der Waals surface area contributed by atoms with E-state index in [2.05, 4.69) is 15.1 Å². The van der Waals surface area contributed by atoms with Crippen LogP contribution in [0.15, 0.2) is 56.9 Å². The molecule has 0 unspecified atom stereocenters. The lowest BCUT2D eigenvalue weighted by molar-refractivity contribution is 0.183. The van der Waals surface area contributed by atoms with E-state index in [-0.39, 0.29) is 5.56 Å². The fraction of sp³-hybridized carbons (Fsp3) is 0.238. The molecule has 4 rings (SSSR count). The molecular weight excluding hydrogens is 424 g/mol. The fourth-order valence-electron chi connectivity index (χ4n) is 2.92. The van der Waals surface area contributed by atoms with Gasteiger partial charge in [0.15, 0.2) is 5.16 Å². The third-order valence-corrected chi connectivity index (χ3v) is 5.70. The van der Waals surface area contributed by atoms with E-state index < -0.39 is 0 Å². The van der Waals surface area contributed by atoms with E-state index in [4.69, 9.17) is 20.9 Å². The molecule has 7 nitrogen and oxygen atoms in total. The van der Waals surface area contributed by atoms with Crippen LogP contribution in [0.2, 0.25) is 5.02 Å². The van der Waals surface area contributed by atoms with Crippen molar-refractivity contribution in [3.8, 4) is 11.4 Å². The number of thioether (sulfide) groups is 1. The summed E-state index contributed by atoms with van der Waals surface area (Å²) in [5.74, 6) is 1.36. The van der Waals surface area contributed by atoms with Crippen molar-refractivity contribution in [3.05, 3.63) is 69.3 Å². The van der Waals surface area contributed by atoms with Crippen molar-refractivity contribution in [1.29, 1.82) is 0 Å². The van der Waals surface area contributed by atoms with Gasteiger partial charge in [0, 0.05) is 17.7 Å². The van der Waals surface area contributed by atoms with Crippen molar-refractivity contribution in [2.75, 3.05) is 13.7 Å². The monoisotopic (exact) mass is 442 g/mol. The molecule has 0 bridgehead atoms. The number of aromatic nitrogens is 4. The zero-order chi connectivity index (χ0) is 21.1. The molecule has 0 radical (unpaired) electrons. The van der Waals surface area contributed by atoms with Gasteiger partial charge in [-0.05, 0) is 25.1 Å². The van der Waals surface area contributed by atoms with Gasteiger partial charge in [-0.2, -0.15) is 4.98 Å². The van der Waals surface area contributed by atoms with Crippen molar-refractivity contribution in [3.63, 3.8) is 0 Å². The number of hydrogen-bond donors (Lipinski definition) is 0.